The molecule has 0 spiro atoms. The fourth-order valence-electron chi connectivity index (χ4n) is 4.44. The molecule has 1 atom stereocenters. The highest BCUT2D eigenvalue weighted by molar-refractivity contribution is 6.51. The number of rotatable bonds is 3. The largest absolute Gasteiger partial charge is 0.507 e. The zero-order valence-corrected chi connectivity index (χ0v) is 18.9. The van der Waals surface area contributed by atoms with E-state index in [1.165, 1.54) is 4.90 Å². The first-order valence-corrected chi connectivity index (χ1v) is 11.3. The van der Waals surface area contributed by atoms with E-state index in [1.807, 2.05) is 0 Å². The highest BCUT2D eigenvalue weighted by Crippen LogP contribution is 2.45. The summed E-state index contributed by atoms with van der Waals surface area (Å²) in [7, 11) is 0. The third kappa shape index (κ3) is 3.54. The number of halogens is 1. The van der Waals surface area contributed by atoms with E-state index in [-0.39, 0.29) is 18.1 Å². The van der Waals surface area contributed by atoms with Crippen LogP contribution in [0.15, 0.2) is 66.2 Å². The molecular weight excluding hydrogens is 474 g/mol. The summed E-state index contributed by atoms with van der Waals surface area (Å²) in [5, 5.41) is 11.8. The fraction of sp³-hybridized carbons (Fsp3) is 0.154. The van der Waals surface area contributed by atoms with Crippen LogP contribution in [-0.4, -0.2) is 36.8 Å². The fourth-order valence-corrected chi connectivity index (χ4v) is 4.57. The summed E-state index contributed by atoms with van der Waals surface area (Å²) >= 11 is 6.09. The Balaban J connectivity index is 1.52. The van der Waals surface area contributed by atoms with Gasteiger partial charge in [0.05, 0.1) is 11.6 Å². The highest BCUT2D eigenvalue weighted by atomic mass is 35.5. The van der Waals surface area contributed by atoms with E-state index >= 15 is 0 Å². The first-order chi connectivity index (χ1) is 17.0. The predicted octanol–water partition coefficient (Wildman–Crippen LogP) is 4.47. The quantitative estimate of drug-likeness (QED) is 0.328. The van der Waals surface area contributed by atoms with Crippen LogP contribution >= 0.6 is 11.6 Å². The molecule has 3 aromatic carbocycles. The van der Waals surface area contributed by atoms with Crippen LogP contribution in [0.25, 0.3) is 5.76 Å². The van der Waals surface area contributed by atoms with E-state index in [0.29, 0.717) is 58.0 Å². The van der Waals surface area contributed by atoms with Crippen molar-refractivity contribution in [2.24, 2.45) is 0 Å². The van der Waals surface area contributed by atoms with Crippen molar-refractivity contribution in [3.63, 3.8) is 0 Å². The number of anilines is 1. The topological polar surface area (TPSA) is 94.5 Å². The minimum absolute atomic E-state index is 0.0494. The van der Waals surface area contributed by atoms with Gasteiger partial charge in [-0.25, -0.2) is 0 Å². The van der Waals surface area contributed by atoms with Crippen molar-refractivity contribution in [3.05, 3.63) is 82.4 Å². The first-order valence-electron chi connectivity index (χ1n) is 10.9. The third-order valence-corrected chi connectivity index (χ3v) is 6.33. The average Bonchev–Trinajstić information content (AvgIpc) is 3.45. The number of amides is 1. The minimum Gasteiger partial charge on any atom is -0.507 e. The maximum Gasteiger partial charge on any atom is 0.300 e. The van der Waals surface area contributed by atoms with Crippen LogP contribution in [-0.2, 0) is 9.59 Å². The summed E-state index contributed by atoms with van der Waals surface area (Å²) in [6, 6.07) is 15.7. The molecule has 3 aromatic rings. The Bertz CT molecular complexity index is 1400. The normalized spacial score (nSPS) is 19.8. The molecule has 1 N–H and O–H groups in total. The van der Waals surface area contributed by atoms with Crippen LogP contribution in [0.3, 0.4) is 0 Å². The molecule has 1 amide bonds. The molecule has 1 fully saturated rings. The Morgan fingerprint density at radius 2 is 1.49 bits per heavy atom. The monoisotopic (exact) mass is 491 g/mol. The molecule has 176 valence electrons. The standard InChI is InChI=1S/C26H18ClNO7/c27-16-4-1-14(2-5-16)23-22(24(29)15-3-7-18-20(11-15)33-10-9-32-18)25(30)26(31)28(23)17-6-8-19-21(12-17)35-13-34-19/h1-8,11-12,23,29H,9-10,13H2/b24-22-. The van der Waals surface area contributed by atoms with Gasteiger partial charge in [0.25, 0.3) is 11.7 Å². The highest BCUT2D eigenvalue weighted by Gasteiger charge is 2.47. The van der Waals surface area contributed by atoms with E-state index in [1.54, 1.807) is 60.7 Å². The number of aliphatic hydroxyl groups is 1. The summed E-state index contributed by atoms with van der Waals surface area (Å²) in [6.45, 7) is 0.869. The summed E-state index contributed by atoms with van der Waals surface area (Å²) in [5.74, 6) is 0.105. The number of benzene rings is 3. The number of hydrogen-bond acceptors (Lipinski definition) is 7. The van der Waals surface area contributed by atoms with Gasteiger partial charge < -0.3 is 24.1 Å². The minimum atomic E-state index is -0.902. The molecule has 1 saturated heterocycles. The molecule has 0 aromatic heterocycles. The molecule has 3 heterocycles. The van der Waals surface area contributed by atoms with Gasteiger partial charge >= 0.3 is 0 Å². The number of carbonyl (C=O) groups excluding carboxylic acids is 2. The zero-order chi connectivity index (χ0) is 24.1. The number of fused-ring (bicyclic) bond motifs is 2. The molecule has 3 aliphatic rings. The Hall–Kier alpha value is -4.17. The second kappa shape index (κ2) is 8.25. The van der Waals surface area contributed by atoms with Crippen LogP contribution in [0.5, 0.6) is 23.0 Å². The molecule has 8 nitrogen and oxygen atoms in total. The smallest absolute Gasteiger partial charge is 0.300 e. The van der Waals surface area contributed by atoms with E-state index in [9.17, 15) is 14.7 Å². The number of ketones is 1. The van der Waals surface area contributed by atoms with Crippen molar-refractivity contribution in [2.45, 2.75) is 6.04 Å². The molecule has 35 heavy (non-hydrogen) atoms. The second-order valence-electron chi connectivity index (χ2n) is 8.12. The van der Waals surface area contributed by atoms with E-state index in [0.717, 1.165) is 0 Å². The van der Waals surface area contributed by atoms with Gasteiger partial charge in [-0.1, -0.05) is 23.7 Å². The number of hydrogen-bond donors (Lipinski definition) is 1. The van der Waals surface area contributed by atoms with Crippen molar-refractivity contribution >= 4 is 34.7 Å². The predicted molar refractivity (Wildman–Crippen MR) is 126 cm³/mol. The Kier molecular flexibility index (Phi) is 5.04. The maximum atomic E-state index is 13.3. The Morgan fingerprint density at radius 3 is 2.29 bits per heavy atom. The van der Waals surface area contributed by atoms with Gasteiger partial charge in [-0.15, -0.1) is 0 Å². The van der Waals surface area contributed by atoms with Crippen molar-refractivity contribution < 1.29 is 33.6 Å². The molecule has 0 bridgehead atoms. The molecule has 0 radical (unpaired) electrons. The lowest BCUT2D eigenvalue weighted by atomic mass is 9.95. The van der Waals surface area contributed by atoms with Gasteiger partial charge in [0, 0.05) is 22.3 Å². The van der Waals surface area contributed by atoms with Crippen molar-refractivity contribution in [1.82, 2.24) is 0 Å². The average molecular weight is 492 g/mol. The summed E-state index contributed by atoms with van der Waals surface area (Å²) < 4.78 is 22.0. The van der Waals surface area contributed by atoms with Crippen LogP contribution in [0.4, 0.5) is 5.69 Å². The molecule has 0 aliphatic carbocycles. The number of carbonyl (C=O) groups is 2. The molecule has 3 aliphatic heterocycles. The zero-order valence-electron chi connectivity index (χ0n) is 18.2. The number of aliphatic hydroxyl groups excluding tert-OH is 1. The first kappa shape index (κ1) is 21.4. The number of ether oxygens (including phenoxy) is 4. The number of Topliss-reactive ketones (excluding diaryl/α,β-unsaturated/α-hetero) is 1. The van der Waals surface area contributed by atoms with Crippen LogP contribution < -0.4 is 23.8 Å². The summed E-state index contributed by atoms with van der Waals surface area (Å²) in [4.78, 5) is 28.0. The van der Waals surface area contributed by atoms with Gasteiger partial charge in [-0.05, 0) is 48.0 Å². The van der Waals surface area contributed by atoms with E-state index < -0.39 is 17.7 Å². The van der Waals surface area contributed by atoms with Gasteiger partial charge in [0.1, 0.15) is 19.0 Å². The number of nitrogens with zero attached hydrogens (tertiary/aromatic N) is 1. The van der Waals surface area contributed by atoms with E-state index in [4.69, 9.17) is 30.5 Å². The van der Waals surface area contributed by atoms with Gasteiger partial charge in [0.2, 0.25) is 6.79 Å². The summed E-state index contributed by atoms with van der Waals surface area (Å²) in [6.07, 6.45) is 0. The SMILES string of the molecule is O=C1C(=O)N(c2ccc3c(c2)OCO3)C(c2ccc(Cl)cc2)/C1=C(/O)c1ccc2c(c1)OCCO2. The Labute approximate surface area is 204 Å². The molecule has 9 heteroatoms. The van der Waals surface area contributed by atoms with Crippen LogP contribution in [0.2, 0.25) is 5.02 Å². The molecular formula is C26H18ClNO7. The van der Waals surface area contributed by atoms with E-state index in [2.05, 4.69) is 0 Å². The molecule has 6 rings (SSSR count). The van der Waals surface area contributed by atoms with Crippen molar-refractivity contribution in [2.75, 3.05) is 24.9 Å². The lowest BCUT2D eigenvalue weighted by Gasteiger charge is -2.26. The van der Waals surface area contributed by atoms with Crippen molar-refractivity contribution in [3.8, 4) is 23.0 Å². The molecule has 0 saturated carbocycles. The second-order valence-corrected chi connectivity index (χ2v) is 8.55. The van der Waals surface area contributed by atoms with Crippen molar-refractivity contribution in [1.29, 1.82) is 0 Å². The maximum absolute atomic E-state index is 13.3. The van der Waals surface area contributed by atoms with Gasteiger partial charge in [0.15, 0.2) is 23.0 Å². The van der Waals surface area contributed by atoms with Crippen LogP contribution in [0.1, 0.15) is 17.2 Å². The summed E-state index contributed by atoms with van der Waals surface area (Å²) in [5.41, 5.74) is 1.31. The van der Waals surface area contributed by atoms with Crippen LogP contribution in [0, 0.1) is 0 Å². The van der Waals surface area contributed by atoms with Gasteiger partial charge in [-0.2, -0.15) is 0 Å². The Morgan fingerprint density at radius 1 is 0.829 bits per heavy atom. The third-order valence-electron chi connectivity index (χ3n) is 6.08. The van der Waals surface area contributed by atoms with Gasteiger partial charge in [-0.3, -0.25) is 14.5 Å². The lowest BCUT2D eigenvalue weighted by molar-refractivity contribution is -0.132. The lowest BCUT2D eigenvalue weighted by Crippen LogP contribution is -2.29. The molecule has 1 unspecified atom stereocenters.